The van der Waals surface area contributed by atoms with Crippen LogP contribution in [0.25, 0.3) is 0 Å². The van der Waals surface area contributed by atoms with Gasteiger partial charge in [-0.05, 0) is 42.9 Å². The first-order chi connectivity index (χ1) is 7.78. The number of nitrogens with zero attached hydrogens (tertiary/aromatic N) is 1. The number of amides is 1. The van der Waals surface area contributed by atoms with Crippen LogP contribution in [-0.2, 0) is 11.2 Å². The molecule has 2 nitrogen and oxygen atoms in total. The van der Waals surface area contributed by atoms with Crippen LogP contribution in [0.4, 0.5) is 4.39 Å². The zero-order chi connectivity index (χ0) is 11.4. The highest BCUT2D eigenvalue weighted by Gasteiger charge is 2.18. The molecule has 3 heteroatoms. The number of hydrogen-bond acceptors (Lipinski definition) is 1. The monoisotopic (exact) mass is 221 g/mol. The lowest BCUT2D eigenvalue weighted by Crippen LogP contribution is -2.35. The molecule has 0 saturated carbocycles. The molecule has 0 spiro atoms. The Labute approximate surface area is 95.1 Å². The third-order valence-electron chi connectivity index (χ3n) is 3.14. The van der Waals surface area contributed by atoms with Crippen molar-refractivity contribution in [3.63, 3.8) is 0 Å². The van der Waals surface area contributed by atoms with Gasteiger partial charge in [-0.25, -0.2) is 4.39 Å². The van der Waals surface area contributed by atoms with E-state index in [9.17, 15) is 9.18 Å². The maximum absolute atomic E-state index is 12.7. The van der Waals surface area contributed by atoms with Gasteiger partial charge in [-0.1, -0.05) is 12.1 Å². The fourth-order valence-electron chi connectivity index (χ4n) is 2.31. The van der Waals surface area contributed by atoms with E-state index in [2.05, 4.69) is 0 Å². The number of piperidine rings is 1. The van der Waals surface area contributed by atoms with Crippen molar-refractivity contribution < 1.29 is 9.18 Å². The van der Waals surface area contributed by atoms with Crippen molar-refractivity contribution >= 4 is 6.41 Å². The lowest BCUT2D eigenvalue weighted by atomic mass is 9.91. The highest BCUT2D eigenvalue weighted by Crippen LogP contribution is 2.20. The summed E-state index contributed by atoms with van der Waals surface area (Å²) in [5.74, 6) is 0.325. The van der Waals surface area contributed by atoms with E-state index in [1.54, 1.807) is 0 Å². The maximum atomic E-state index is 12.7. The van der Waals surface area contributed by atoms with Crippen LogP contribution >= 0.6 is 0 Å². The van der Waals surface area contributed by atoms with E-state index in [0.717, 1.165) is 44.3 Å². The quantitative estimate of drug-likeness (QED) is 0.717. The van der Waals surface area contributed by atoms with Gasteiger partial charge in [0.2, 0.25) is 6.41 Å². The molecular weight excluding hydrogens is 205 g/mol. The zero-order valence-corrected chi connectivity index (χ0v) is 9.23. The van der Waals surface area contributed by atoms with Crippen molar-refractivity contribution in [3.05, 3.63) is 35.6 Å². The summed E-state index contributed by atoms with van der Waals surface area (Å²) in [5, 5.41) is 0. The Morgan fingerprint density at radius 2 is 2.12 bits per heavy atom. The average molecular weight is 221 g/mol. The molecule has 0 radical (unpaired) electrons. The van der Waals surface area contributed by atoms with E-state index in [4.69, 9.17) is 0 Å². The number of carbonyl (C=O) groups excluding carboxylic acids is 1. The largest absolute Gasteiger partial charge is 0.345 e. The van der Waals surface area contributed by atoms with Gasteiger partial charge >= 0.3 is 0 Å². The molecule has 1 atom stereocenters. The van der Waals surface area contributed by atoms with Crippen molar-refractivity contribution in [1.29, 1.82) is 0 Å². The van der Waals surface area contributed by atoms with Gasteiger partial charge in [0.05, 0.1) is 0 Å². The lowest BCUT2D eigenvalue weighted by molar-refractivity contribution is -0.119. The summed E-state index contributed by atoms with van der Waals surface area (Å²) >= 11 is 0. The summed E-state index contributed by atoms with van der Waals surface area (Å²) < 4.78 is 12.7. The van der Waals surface area contributed by atoms with Gasteiger partial charge in [0, 0.05) is 13.1 Å². The fraction of sp³-hybridized carbons (Fsp3) is 0.462. The van der Waals surface area contributed by atoms with Gasteiger partial charge < -0.3 is 4.90 Å². The van der Waals surface area contributed by atoms with Crippen LogP contribution in [0.3, 0.4) is 0 Å². The molecule has 1 aliphatic rings. The molecule has 1 unspecified atom stereocenters. The average Bonchev–Trinajstić information content (AvgIpc) is 2.32. The number of likely N-dealkylation sites (tertiary alicyclic amines) is 1. The SMILES string of the molecule is O=CN1CCCC(Cc2ccc(F)cc2)C1. The van der Waals surface area contributed by atoms with E-state index in [-0.39, 0.29) is 5.82 Å². The number of hydrogen-bond donors (Lipinski definition) is 0. The number of carbonyl (C=O) groups is 1. The third-order valence-corrected chi connectivity index (χ3v) is 3.14. The minimum Gasteiger partial charge on any atom is -0.345 e. The molecule has 1 fully saturated rings. The van der Waals surface area contributed by atoms with Crippen molar-refractivity contribution in [2.75, 3.05) is 13.1 Å². The summed E-state index contributed by atoms with van der Waals surface area (Å²) in [7, 11) is 0. The minimum atomic E-state index is -0.193. The van der Waals surface area contributed by atoms with Crippen LogP contribution in [0, 0.1) is 11.7 Å². The van der Waals surface area contributed by atoms with Crippen LogP contribution in [0.15, 0.2) is 24.3 Å². The molecular formula is C13H16FNO. The Morgan fingerprint density at radius 1 is 1.38 bits per heavy atom. The van der Waals surface area contributed by atoms with Crippen LogP contribution in [0.5, 0.6) is 0 Å². The van der Waals surface area contributed by atoms with Crippen molar-refractivity contribution in [1.82, 2.24) is 4.90 Å². The number of benzene rings is 1. The molecule has 1 heterocycles. The molecule has 2 rings (SSSR count). The van der Waals surface area contributed by atoms with E-state index >= 15 is 0 Å². The second-order valence-corrected chi connectivity index (χ2v) is 4.44. The molecule has 1 aliphatic heterocycles. The van der Waals surface area contributed by atoms with Gasteiger partial charge in [0.15, 0.2) is 0 Å². The van der Waals surface area contributed by atoms with Gasteiger partial charge in [0.1, 0.15) is 5.82 Å². The Morgan fingerprint density at radius 3 is 2.81 bits per heavy atom. The normalized spacial score (nSPS) is 20.8. The Kier molecular flexibility index (Phi) is 3.54. The first kappa shape index (κ1) is 11.1. The van der Waals surface area contributed by atoms with Crippen molar-refractivity contribution in [3.8, 4) is 0 Å². The first-order valence-electron chi connectivity index (χ1n) is 5.72. The molecule has 0 aliphatic carbocycles. The standard InChI is InChI=1S/C13H16FNO/c14-13-5-3-11(4-6-13)8-12-2-1-7-15(9-12)10-16/h3-6,10,12H,1-2,7-9H2. The predicted molar refractivity (Wildman–Crippen MR) is 60.5 cm³/mol. The fourth-order valence-corrected chi connectivity index (χ4v) is 2.31. The van der Waals surface area contributed by atoms with E-state index in [0.29, 0.717) is 5.92 Å². The Hall–Kier alpha value is -1.38. The molecule has 1 aromatic carbocycles. The van der Waals surface area contributed by atoms with E-state index in [1.165, 1.54) is 12.1 Å². The molecule has 86 valence electrons. The van der Waals surface area contributed by atoms with Crippen LogP contribution in [0.2, 0.25) is 0 Å². The van der Waals surface area contributed by atoms with Crippen molar-refractivity contribution in [2.45, 2.75) is 19.3 Å². The minimum absolute atomic E-state index is 0.193. The summed E-state index contributed by atoms with van der Waals surface area (Å²) in [6.07, 6.45) is 4.09. The maximum Gasteiger partial charge on any atom is 0.209 e. The second-order valence-electron chi connectivity index (χ2n) is 4.44. The number of rotatable bonds is 3. The lowest BCUT2D eigenvalue weighted by Gasteiger charge is -2.29. The molecule has 0 aromatic heterocycles. The van der Waals surface area contributed by atoms with Gasteiger partial charge in [-0.2, -0.15) is 0 Å². The third kappa shape index (κ3) is 2.81. The molecule has 1 aromatic rings. The number of halogens is 1. The van der Waals surface area contributed by atoms with Crippen LogP contribution in [-0.4, -0.2) is 24.4 Å². The van der Waals surface area contributed by atoms with Crippen LogP contribution < -0.4 is 0 Å². The van der Waals surface area contributed by atoms with E-state index in [1.807, 2.05) is 17.0 Å². The highest BCUT2D eigenvalue weighted by molar-refractivity contribution is 5.47. The smallest absolute Gasteiger partial charge is 0.209 e. The Balaban J connectivity index is 1.93. The zero-order valence-electron chi connectivity index (χ0n) is 9.23. The molecule has 0 bridgehead atoms. The molecule has 16 heavy (non-hydrogen) atoms. The second kappa shape index (κ2) is 5.10. The summed E-state index contributed by atoms with van der Waals surface area (Å²) in [4.78, 5) is 12.5. The topological polar surface area (TPSA) is 20.3 Å². The highest BCUT2D eigenvalue weighted by atomic mass is 19.1. The predicted octanol–water partition coefficient (Wildman–Crippen LogP) is 2.24. The molecule has 1 saturated heterocycles. The molecule has 0 N–H and O–H groups in total. The van der Waals surface area contributed by atoms with E-state index < -0.39 is 0 Å². The Bertz CT molecular complexity index is 349. The van der Waals surface area contributed by atoms with Crippen LogP contribution in [0.1, 0.15) is 18.4 Å². The summed E-state index contributed by atoms with van der Waals surface area (Å²) in [6, 6.07) is 6.65. The van der Waals surface area contributed by atoms with Crippen molar-refractivity contribution in [2.24, 2.45) is 5.92 Å². The molecule has 1 amide bonds. The first-order valence-corrected chi connectivity index (χ1v) is 5.72. The van der Waals surface area contributed by atoms with Gasteiger partial charge in [0.25, 0.3) is 0 Å². The van der Waals surface area contributed by atoms with Gasteiger partial charge in [-0.3, -0.25) is 4.79 Å². The van der Waals surface area contributed by atoms with Gasteiger partial charge in [-0.15, -0.1) is 0 Å². The summed E-state index contributed by atoms with van der Waals surface area (Å²) in [6.45, 7) is 1.71. The summed E-state index contributed by atoms with van der Waals surface area (Å²) in [5.41, 5.74) is 1.15.